The van der Waals surface area contributed by atoms with Crippen LogP contribution in [-0.4, -0.2) is 20.9 Å². The van der Waals surface area contributed by atoms with Crippen molar-refractivity contribution in [2.75, 3.05) is 0 Å². The zero-order valence-corrected chi connectivity index (χ0v) is 11.9. The molecule has 2 heterocycles. The largest absolute Gasteiger partial charge is 0.282 e. The Labute approximate surface area is 119 Å². The standard InChI is InChI=1S/C14H12N4OS/c1-9-16-13-6-4-3-5-12(13)14(19)18(9)15-7-11-8-20-10(2)17-11/h3-8H,1-2H3/b15-7-. The third kappa shape index (κ3) is 2.25. The lowest BCUT2D eigenvalue weighted by Crippen LogP contribution is -2.20. The van der Waals surface area contributed by atoms with Gasteiger partial charge in [-0.25, -0.2) is 9.97 Å². The van der Waals surface area contributed by atoms with E-state index in [2.05, 4.69) is 15.1 Å². The van der Waals surface area contributed by atoms with E-state index >= 15 is 0 Å². The first-order valence-electron chi connectivity index (χ1n) is 6.10. The van der Waals surface area contributed by atoms with Crippen LogP contribution in [0.15, 0.2) is 39.5 Å². The van der Waals surface area contributed by atoms with Crippen LogP contribution in [0.1, 0.15) is 16.5 Å². The second-order valence-corrected chi connectivity index (χ2v) is 5.39. The molecule has 0 saturated carbocycles. The monoisotopic (exact) mass is 284 g/mol. The van der Waals surface area contributed by atoms with Gasteiger partial charge in [0.05, 0.1) is 27.8 Å². The van der Waals surface area contributed by atoms with Crippen molar-refractivity contribution in [3.63, 3.8) is 0 Å². The molecule has 0 spiro atoms. The van der Waals surface area contributed by atoms with E-state index in [0.717, 1.165) is 10.7 Å². The lowest BCUT2D eigenvalue weighted by Gasteiger charge is -2.04. The summed E-state index contributed by atoms with van der Waals surface area (Å²) in [5, 5.41) is 7.62. The molecule has 0 unspecified atom stereocenters. The predicted molar refractivity (Wildman–Crippen MR) is 80.6 cm³/mol. The molecule has 0 aliphatic carbocycles. The highest BCUT2D eigenvalue weighted by Gasteiger charge is 2.06. The van der Waals surface area contributed by atoms with Gasteiger partial charge in [0.15, 0.2) is 0 Å². The summed E-state index contributed by atoms with van der Waals surface area (Å²) in [5.74, 6) is 0.553. The van der Waals surface area contributed by atoms with Gasteiger partial charge < -0.3 is 0 Å². The van der Waals surface area contributed by atoms with Gasteiger partial charge in [-0.3, -0.25) is 4.79 Å². The molecule has 0 radical (unpaired) electrons. The van der Waals surface area contributed by atoms with E-state index in [1.165, 1.54) is 4.68 Å². The van der Waals surface area contributed by atoms with Crippen LogP contribution < -0.4 is 5.56 Å². The first kappa shape index (κ1) is 12.7. The van der Waals surface area contributed by atoms with Crippen molar-refractivity contribution in [3.05, 3.63) is 56.5 Å². The van der Waals surface area contributed by atoms with Crippen LogP contribution in [0.25, 0.3) is 10.9 Å². The Morgan fingerprint density at radius 3 is 2.80 bits per heavy atom. The lowest BCUT2D eigenvalue weighted by atomic mass is 10.2. The number of thiazole rings is 1. The normalized spacial score (nSPS) is 11.5. The molecule has 2 aromatic heterocycles. The first-order valence-corrected chi connectivity index (χ1v) is 6.98. The van der Waals surface area contributed by atoms with Gasteiger partial charge in [0.2, 0.25) is 0 Å². The van der Waals surface area contributed by atoms with Crippen molar-refractivity contribution < 1.29 is 0 Å². The minimum absolute atomic E-state index is 0.170. The van der Waals surface area contributed by atoms with E-state index in [1.54, 1.807) is 30.5 Å². The molecule has 0 bridgehead atoms. The summed E-state index contributed by atoms with van der Waals surface area (Å²) in [5.41, 5.74) is 1.26. The highest BCUT2D eigenvalue weighted by Crippen LogP contribution is 2.08. The molecule has 0 fully saturated rings. The van der Waals surface area contributed by atoms with Crippen LogP contribution in [0.2, 0.25) is 0 Å². The molecule has 0 N–H and O–H groups in total. The molecule has 0 atom stereocenters. The summed E-state index contributed by atoms with van der Waals surface area (Å²) < 4.78 is 1.30. The molecular formula is C14H12N4OS. The van der Waals surface area contributed by atoms with Gasteiger partial charge in [0, 0.05) is 5.38 Å². The quantitative estimate of drug-likeness (QED) is 0.679. The first-order chi connectivity index (χ1) is 9.65. The third-order valence-electron chi connectivity index (χ3n) is 2.86. The highest BCUT2D eigenvalue weighted by molar-refractivity contribution is 7.09. The van der Waals surface area contributed by atoms with Gasteiger partial charge in [-0.1, -0.05) is 12.1 Å². The molecule has 6 heteroatoms. The molecule has 0 saturated heterocycles. The molecule has 1 aromatic carbocycles. The zero-order chi connectivity index (χ0) is 14.1. The number of benzene rings is 1. The number of fused-ring (bicyclic) bond motifs is 1. The number of aryl methyl sites for hydroxylation is 2. The predicted octanol–water partition coefficient (Wildman–Crippen LogP) is 2.35. The van der Waals surface area contributed by atoms with E-state index < -0.39 is 0 Å². The van der Waals surface area contributed by atoms with Crippen LogP contribution >= 0.6 is 11.3 Å². The Bertz CT molecular complexity index is 863. The summed E-state index contributed by atoms with van der Waals surface area (Å²) in [7, 11) is 0. The summed E-state index contributed by atoms with van der Waals surface area (Å²) >= 11 is 1.55. The SMILES string of the molecule is Cc1nc(/C=N\n2c(C)nc3ccccc3c2=O)cs1. The van der Waals surface area contributed by atoms with Gasteiger partial charge in [-0.2, -0.15) is 9.78 Å². The third-order valence-corrected chi connectivity index (χ3v) is 3.65. The van der Waals surface area contributed by atoms with Gasteiger partial charge in [-0.05, 0) is 26.0 Å². The maximum Gasteiger partial charge on any atom is 0.282 e. The van der Waals surface area contributed by atoms with Crippen molar-refractivity contribution in [3.8, 4) is 0 Å². The van der Waals surface area contributed by atoms with Crippen LogP contribution in [0.3, 0.4) is 0 Å². The minimum Gasteiger partial charge on any atom is -0.267 e. The maximum atomic E-state index is 12.4. The summed E-state index contributed by atoms with van der Waals surface area (Å²) in [6, 6.07) is 7.25. The van der Waals surface area contributed by atoms with Crippen molar-refractivity contribution in [1.29, 1.82) is 0 Å². The average Bonchev–Trinajstić information content (AvgIpc) is 2.84. The van der Waals surface area contributed by atoms with E-state index in [9.17, 15) is 4.79 Å². The van der Waals surface area contributed by atoms with Crippen molar-refractivity contribution in [1.82, 2.24) is 14.6 Å². The Hall–Kier alpha value is -2.34. The fourth-order valence-corrected chi connectivity index (χ4v) is 2.49. The molecule has 0 amide bonds. The van der Waals surface area contributed by atoms with Gasteiger partial charge in [-0.15, -0.1) is 11.3 Å². The lowest BCUT2D eigenvalue weighted by molar-refractivity contribution is 0.770. The van der Waals surface area contributed by atoms with Gasteiger partial charge >= 0.3 is 0 Å². The molecule has 0 aliphatic rings. The summed E-state index contributed by atoms with van der Waals surface area (Å²) in [4.78, 5) is 21.0. The topological polar surface area (TPSA) is 60.1 Å². The number of aromatic nitrogens is 3. The average molecular weight is 284 g/mol. The van der Waals surface area contributed by atoms with Crippen LogP contribution in [-0.2, 0) is 0 Å². The Morgan fingerprint density at radius 2 is 2.05 bits per heavy atom. The minimum atomic E-state index is -0.170. The second kappa shape index (κ2) is 4.97. The molecule has 5 nitrogen and oxygen atoms in total. The van der Waals surface area contributed by atoms with Crippen LogP contribution in [0, 0.1) is 13.8 Å². The number of hydrogen-bond donors (Lipinski definition) is 0. The Morgan fingerprint density at radius 1 is 1.25 bits per heavy atom. The van der Waals surface area contributed by atoms with Crippen molar-refractivity contribution >= 4 is 28.5 Å². The van der Waals surface area contributed by atoms with E-state index in [1.807, 2.05) is 30.5 Å². The van der Waals surface area contributed by atoms with E-state index in [4.69, 9.17) is 0 Å². The van der Waals surface area contributed by atoms with Gasteiger partial charge in [0.25, 0.3) is 5.56 Å². The van der Waals surface area contributed by atoms with Crippen LogP contribution in [0.5, 0.6) is 0 Å². The molecule has 3 rings (SSSR count). The second-order valence-electron chi connectivity index (χ2n) is 4.33. The fourth-order valence-electron chi connectivity index (χ4n) is 1.93. The molecular weight excluding hydrogens is 272 g/mol. The summed E-state index contributed by atoms with van der Waals surface area (Å²) in [6.45, 7) is 3.69. The number of nitrogens with zero attached hydrogens (tertiary/aromatic N) is 4. The van der Waals surface area contributed by atoms with E-state index in [-0.39, 0.29) is 5.56 Å². The molecule has 0 aliphatic heterocycles. The Balaban J connectivity index is 2.12. The number of para-hydroxylation sites is 1. The fraction of sp³-hybridized carbons (Fsp3) is 0.143. The molecule has 100 valence electrons. The molecule has 3 aromatic rings. The van der Waals surface area contributed by atoms with Crippen molar-refractivity contribution in [2.24, 2.45) is 5.10 Å². The van der Waals surface area contributed by atoms with E-state index in [0.29, 0.717) is 16.7 Å². The number of rotatable bonds is 2. The maximum absolute atomic E-state index is 12.4. The highest BCUT2D eigenvalue weighted by atomic mass is 32.1. The van der Waals surface area contributed by atoms with Crippen molar-refractivity contribution in [2.45, 2.75) is 13.8 Å². The Kier molecular flexibility index (Phi) is 3.15. The smallest absolute Gasteiger partial charge is 0.267 e. The van der Waals surface area contributed by atoms with Gasteiger partial charge in [0.1, 0.15) is 5.82 Å². The summed E-state index contributed by atoms with van der Waals surface area (Å²) in [6.07, 6.45) is 1.58. The number of hydrogen-bond acceptors (Lipinski definition) is 5. The zero-order valence-electron chi connectivity index (χ0n) is 11.1. The van der Waals surface area contributed by atoms with Crippen LogP contribution in [0.4, 0.5) is 0 Å². The molecule has 20 heavy (non-hydrogen) atoms.